The molecule has 4 rings (SSSR count). The summed E-state index contributed by atoms with van der Waals surface area (Å²) in [4.78, 5) is 29.9. The highest BCUT2D eigenvalue weighted by Gasteiger charge is 2.34. The summed E-state index contributed by atoms with van der Waals surface area (Å²) in [6.45, 7) is 5.44. The lowest BCUT2D eigenvalue weighted by Crippen LogP contribution is -2.54. The number of hydrogen-bond donors (Lipinski definition) is 1. The van der Waals surface area contributed by atoms with E-state index >= 15 is 0 Å². The summed E-state index contributed by atoms with van der Waals surface area (Å²) in [5, 5.41) is 3.05. The maximum absolute atomic E-state index is 14.4. The van der Waals surface area contributed by atoms with Crippen LogP contribution in [0.25, 0.3) is 0 Å². The average Bonchev–Trinajstić information content (AvgIpc) is 3.02. The Balaban J connectivity index is 1.79. The second kappa shape index (κ2) is 14.6. The molecule has 4 aromatic carbocycles. The third kappa shape index (κ3) is 8.32. The smallest absolute Gasteiger partial charge is 0.264 e. The zero-order chi connectivity index (χ0) is 30.8. The highest BCUT2D eigenvalue weighted by atomic mass is 32.2. The molecule has 2 atom stereocenters. The summed E-state index contributed by atoms with van der Waals surface area (Å²) in [5.74, 6) is -0.763. The number of carbonyl (C=O) groups is 2. The van der Waals surface area contributed by atoms with Gasteiger partial charge in [-0.3, -0.25) is 13.9 Å². The molecule has 0 spiro atoms. The van der Waals surface area contributed by atoms with Gasteiger partial charge in [-0.15, -0.1) is 0 Å². The van der Waals surface area contributed by atoms with Gasteiger partial charge in [0, 0.05) is 19.0 Å². The lowest BCUT2D eigenvalue weighted by Gasteiger charge is -2.34. The van der Waals surface area contributed by atoms with Gasteiger partial charge in [-0.2, -0.15) is 0 Å². The van der Waals surface area contributed by atoms with Crippen LogP contribution in [-0.2, 0) is 32.6 Å². The van der Waals surface area contributed by atoms with Gasteiger partial charge in [-0.25, -0.2) is 8.42 Å². The van der Waals surface area contributed by atoms with E-state index in [9.17, 15) is 18.0 Å². The van der Waals surface area contributed by atoms with Crippen LogP contribution in [0.3, 0.4) is 0 Å². The molecule has 0 saturated carbocycles. The predicted molar refractivity (Wildman–Crippen MR) is 171 cm³/mol. The molecule has 224 valence electrons. The maximum Gasteiger partial charge on any atom is 0.264 e. The van der Waals surface area contributed by atoms with Crippen molar-refractivity contribution in [2.24, 2.45) is 0 Å². The van der Waals surface area contributed by atoms with Gasteiger partial charge in [0.05, 0.1) is 10.6 Å². The fourth-order valence-electron chi connectivity index (χ4n) is 4.81. The molecule has 0 unspecified atom stereocenters. The van der Waals surface area contributed by atoms with Gasteiger partial charge in [-0.1, -0.05) is 97.9 Å². The number of nitrogens with one attached hydrogen (secondary N) is 1. The molecule has 0 saturated heterocycles. The van der Waals surface area contributed by atoms with Crippen LogP contribution in [0.1, 0.15) is 37.0 Å². The number of carbonyl (C=O) groups excluding carboxylic acids is 2. The van der Waals surface area contributed by atoms with Crippen molar-refractivity contribution in [3.63, 3.8) is 0 Å². The van der Waals surface area contributed by atoms with Gasteiger partial charge in [0.2, 0.25) is 11.8 Å². The Hall–Kier alpha value is -4.43. The highest BCUT2D eigenvalue weighted by molar-refractivity contribution is 7.92. The van der Waals surface area contributed by atoms with Gasteiger partial charge < -0.3 is 10.2 Å². The lowest BCUT2D eigenvalue weighted by atomic mass is 10.0. The molecule has 0 aliphatic heterocycles. The molecule has 0 aliphatic rings. The van der Waals surface area contributed by atoms with E-state index in [0.29, 0.717) is 5.69 Å². The minimum atomic E-state index is -4.11. The Morgan fingerprint density at radius 3 is 1.95 bits per heavy atom. The van der Waals surface area contributed by atoms with Gasteiger partial charge in [0.25, 0.3) is 10.0 Å². The summed E-state index contributed by atoms with van der Waals surface area (Å²) in [6, 6.07) is 33.1. The molecule has 1 N–H and O–H groups in total. The second-order valence-corrected chi connectivity index (χ2v) is 12.6. The molecule has 4 aromatic rings. The third-order valence-electron chi connectivity index (χ3n) is 7.37. The van der Waals surface area contributed by atoms with E-state index in [1.807, 2.05) is 87.5 Å². The molecule has 8 heteroatoms. The van der Waals surface area contributed by atoms with E-state index < -0.39 is 28.5 Å². The first-order chi connectivity index (χ1) is 20.7. The Kier molecular flexibility index (Phi) is 10.7. The van der Waals surface area contributed by atoms with Crippen molar-refractivity contribution in [2.45, 2.75) is 57.1 Å². The minimum absolute atomic E-state index is 0.0780. The van der Waals surface area contributed by atoms with Crippen molar-refractivity contribution >= 4 is 27.5 Å². The molecule has 0 fully saturated rings. The van der Waals surface area contributed by atoms with Gasteiger partial charge >= 0.3 is 0 Å². The average molecular weight is 598 g/mol. The van der Waals surface area contributed by atoms with E-state index in [1.165, 1.54) is 17.0 Å². The number of aryl methyl sites for hydroxylation is 1. The SMILES string of the molecule is CC[C@H](C)NC(=O)[C@H](Cc1ccccc1)N(Cc1ccccc1)C(=O)CN(c1cccc(C)c1)S(=O)(=O)c1ccccc1. The van der Waals surface area contributed by atoms with Crippen LogP contribution < -0.4 is 9.62 Å². The maximum atomic E-state index is 14.4. The van der Waals surface area contributed by atoms with E-state index in [2.05, 4.69) is 5.32 Å². The van der Waals surface area contributed by atoms with Crippen LogP contribution in [0, 0.1) is 6.92 Å². The Labute approximate surface area is 255 Å². The van der Waals surface area contributed by atoms with Crippen molar-refractivity contribution in [3.05, 3.63) is 132 Å². The number of amides is 2. The molecule has 2 amide bonds. The Morgan fingerprint density at radius 1 is 0.791 bits per heavy atom. The van der Waals surface area contributed by atoms with Crippen LogP contribution in [0.15, 0.2) is 120 Å². The van der Waals surface area contributed by atoms with Crippen LogP contribution in [0.2, 0.25) is 0 Å². The third-order valence-corrected chi connectivity index (χ3v) is 9.16. The first-order valence-electron chi connectivity index (χ1n) is 14.5. The highest BCUT2D eigenvalue weighted by Crippen LogP contribution is 2.26. The monoisotopic (exact) mass is 597 g/mol. The molecular formula is C35H39N3O4S. The number of benzene rings is 4. The fourth-order valence-corrected chi connectivity index (χ4v) is 6.23. The van der Waals surface area contributed by atoms with Crippen LogP contribution >= 0.6 is 0 Å². The normalized spacial score (nSPS) is 12.6. The topological polar surface area (TPSA) is 86.8 Å². The molecular weight excluding hydrogens is 558 g/mol. The van der Waals surface area contributed by atoms with E-state index in [0.717, 1.165) is 27.4 Å². The number of hydrogen-bond acceptors (Lipinski definition) is 4. The number of sulfonamides is 1. The molecule has 43 heavy (non-hydrogen) atoms. The summed E-state index contributed by atoms with van der Waals surface area (Å²) in [7, 11) is -4.11. The number of rotatable bonds is 13. The zero-order valence-electron chi connectivity index (χ0n) is 24.9. The first kappa shape index (κ1) is 31.5. The van der Waals surface area contributed by atoms with Crippen LogP contribution in [-0.4, -0.2) is 43.8 Å². The summed E-state index contributed by atoms with van der Waals surface area (Å²) < 4.78 is 29.2. The lowest BCUT2D eigenvalue weighted by molar-refractivity contribution is -0.140. The minimum Gasteiger partial charge on any atom is -0.352 e. The largest absolute Gasteiger partial charge is 0.352 e. The van der Waals surface area contributed by atoms with Gasteiger partial charge in [-0.05, 0) is 61.2 Å². The summed E-state index contributed by atoms with van der Waals surface area (Å²) in [5.41, 5.74) is 2.96. The van der Waals surface area contributed by atoms with Crippen molar-refractivity contribution in [3.8, 4) is 0 Å². The number of anilines is 1. The summed E-state index contributed by atoms with van der Waals surface area (Å²) >= 11 is 0. The molecule has 0 aliphatic carbocycles. The van der Waals surface area contributed by atoms with Crippen molar-refractivity contribution < 1.29 is 18.0 Å². The first-order valence-corrected chi connectivity index (χ1v) is 15.9. The molecule has 7 nitrogen and oxygen atoms in total. The van der Waals surface area contributed by atoms with E-state index in [-0.39, 0.29) is 29.8 Å². The standard InChI is InChI=1S/C35H39N3O4S/c1-4-28(3)36-35(40)33(24-29-16-8-5-9-17-29)37(25-30-18-10-6-11-19-30)34(39)26-38(31-20-14-15-27(2)23-31)43(41,42)32-21-12-7-13-22-32/h5-23,28,33H,4,24-26H2,1-3H3,(H,36,40)/t28-,33-/m0/s1. The van der Waals surface area contributed by atoms with Crippen molar-refractivity contribution in [1.82, 2.24) is 10.2 Å². The van der Waals surface area contributed by atoms with Crippen molar-refractivity contribution in [2.75, 3.05) is 10.8 Å². The van der Waals surface area contributed by atoms with E-state index in [1.54, 1.807) is 36.4 Å². The quantitative estimate of drug-likeness (QED) is 0.213. The Bertz CT molecular complexity index is 1600. The molecule has 0 heterocycles. The van der Waals surface area contributed by atoms with Crippen molar-refractivity contribution in [1.29, 1.82) is 0 Å². The van der Waals surface area contributed by atoms with E-state index in [4.69, 9.17) is 0 Å². The zero-order valence-corrected chi connectivity index (χ0v) is 25.7. The fraction of sp³-hybridized carbons (Fsp3) is 0.257. The molecule has 0 aromatic heterocycles. The Morgan fingerprint density at radius 2 is 1.37 bits per heavy atom. The van der Waals surface area contributed by atoms with Crippen LogP contribution in [0.4, 0.5) is 5.69 Å². The number of nitrogens with zero attached hydrogens (tertiary/aromatic N) is 2. The summed E-state index contributed by atoms with van der Waals surface area (Å²) in [6.07, 6.45) is 1.00. The predicted octanol–water partition coefficient (Wildman–Crippen LogP) is 5.75. The molecule has 0 bridgehead atoms. The second-order valence-electron chi connectivity index (χ2n) is 10.7. The van der Waals surface area contributed by atoms with Gasteiger partial charge in [0.15, 0.2) is 0 Å². The van der Waals surface area contributed by atoms with Gasteiger partial charge in [0.1, 0.15) is 12.6 Å². The molecule has 0 radical (unpaired) electrons. The van der Waals surface area contributed by atoms with Crippen LogP contribution in [0.5, 0.6) is 0 Å².